The third-order valence-electron chi connectivity index (χ3n) is 1.94. The van der Waals surface area contributed by atoms with Crippen LogP contribution in [0.3, 0.4) is 0 Å². The number of halogens is 1. The standard InChI is InChI=1S/C9H8BrN5O/c10-5-6-1-3-7(4-2-6)8(16)11-9-12-14-15-13-9/h1-4H,5H2,(H2,11,12,13,14,15,16). The molecular weight excluding hydrogens is 274 g/mol. The molecule has 6 nitrogen and oxygen atoms in total. The van der Waals surface area contributed by atoms with Crippen LogP contribution in [0.25, 0.3) is 0 Å². The van der Waals surface area contributed by atoms with Gasteiger partial charge in [0.25, 0.3) is 11.9 Å². The molecule has 1 amide bonds. The number of nitrogens with one attached hydrogen (secondary N) is 2. The second-order valence-electron chi connectivity index (χ2n) is 3.02. The molecule has 0 aliphatic carbocycles. The van der Waals surface area contributed by atoms with Crippen molar-refractivity contribution < 1.29 is 4.79 Å². The van der Waals surface area contributed by atoms with Crippen LogP contribution < -0.4 is 5.32 Å². The predicted octanol–water partition coefficient (Wildman–Crippen LogP) is 1.35. The zero-order valence-electron chi connectivity index (χ0n) is 8.14. The summed E-state index contributed by atoms with van der Waals surface area (Å²) in [6.07, 6.45) is 0. The van der Waals surface area contributed by atoms with Crippen LogP contribution in [0.15, 0.2) is 24.3 Å². The average Bonchev–Trinajstić information content (AvgIpc) is 2.82. The number of rotatable bonds is 3. The highest BCUT2D eigenvalue weighted by molar-refractivity contribution is 9.08. The number of carbonyl (C=O) groups is 1. The Labute approximate surface area is 99.6 Å². The van der Waals surface area contributed by atoms with Crippen LogP contribution in [0, 0.1) is 0 Å². The SMILES string of the molecule is O=C(Nc1nn[nH]n1)c1ccc(CBr)cc1. The van der Waals surface area contributed by atoms with E-state index in [0.29, 0.717) is 5.56 Å². The van der Waals surface area contributed by atoms with Gasteiger partial charge < -0.3 is 0 Å². The second-order valence-corrected chi connectivity index (χ2v) is 3.58. The monoisotopic (exact) mass is 281 g/mol. The molecule has 0 saturated heterocycles. The number of tetrazole rings is 1. The molecule has 7 heteroatoms. The lowest BCUT2D eigenvalue weighted by molar-refractivity contribution is 0.102. The summed E-state index contributed by atoms with van der Waals surface area (Å²) in [6.45, 7) is 0. The minimum Gasteiger partial charge on any atom is -0.288 e. The van der Waals surface area contributed by atoms with Gasteiger partial charge in [-0.3, -0.25) is 10.1 Å². The highest BCUT2D eigenvalue weighted by atomic mass is 79.9. The van der Waals surface area contributed by atoms with Gasteiger partial charge in [0, 0.05) is 10.9 Å². The number of anilines is 1. The summed E-state index contributed by atoms with van der Waals surface area (Å²) in [5.74, 6) is -0.0999. The maximum Gasteiger partial charge on any atom is 0.270 e. The Morgan fingerprint density at radius 2 is 2.12 bits per heavy atom. The molecule has 0 spiro atoms. The largest absolute Gasteiger partial charge is 0.288 e. The molecule has 0 aliphatic rings. The minimum absolute atomic E-state index is 0.162. The summed E-state index contributed by atoms with van der Waals surface area (Å²) in [5.41, 5.74) is 1.66. The third-order valence-corrected chi connectivity index (χ3v) is 2.59. The highest BCUT2D eigenvalue weighted by Gasteiger charge is 2.07. The van der Waals surface area contributed by atoms with Gasteiger partial charge in [-0.1, -0.05) is 33.2 Å². The minimum atomic E-state index is -0.262. The molecule has 1 aromatic carbocycles. The lowest BCUT2D eigenvalue weighted by Gasteiger charge is -2.01. The van der Waals surface area contributed by atoms with Crippen LogP contribution in [-0.4, -0.2) is 26.5 Å². The smallest absolute Gasteiger partial charge is 0.270 e. The van der Waals surface area contributed by atoms with Crippen molar-refractivity contribution >= 4 is 27.8 Å². The molecule has 0 saturated carbocycles. The van der Waals surface area contributed by atoms with Crippen molar-refractivity contribution in [1.29, 1.82) is 0 Å². The van der Waals surface area contributed by atoms with Gasteiger partial charge in [0.1, 0.15) is 0 Å². The number of H-pyrrole nitrogens is 1. The number of hydrogen-bond acceptors (Lipinski definition) is 4. The van der Waals surface area contributed by atoms with Crippen LogP contribution in [0.5, 0.6) is 0 Å². The summed E-state index contributed by atoms with van der Waals surface area (Å²) in [6, 6.07) is 7.23. The predicted molar refractivity (Wildman–Crippen MR) is 61.2 cm³/mol. The Kier molecular flexibility index (Phi) is 3.25. The number of aromatic amines is 1. The Morgan fingerprint density at radius 1 is 1.38 bits per heavy atom. The summed E-state index contributed by atoms with van der Waals surface area (Å²) < 4.78 is 0. The van der Waals surface area contributed by atoms with Crippen LogP contribution in [0.4, 0.5) is 5.95 Å². The van der Waals surface area contributed by atoms with E-state index in [2.05, 4.69) is 41.9 Å². The van der Waals surface area contributed by atoms with Gasteiger partial charge in [0.2, 0.25) is 0 Å². The van der Waals surface area contributed by atoms with E-state index in [-0.39, 0.29) is 11.9 Å². The topological polar surface area (TPSA) is 83.6 Å². The van der Waals surface area contributed by atoms with E-state index in [1.165, 1.54) is 0 Å². The Morgan fingerprint density at radius 3 is 2.69 bits per heavy atom. The van der Waals surface area contributed by atoms with Gasteiger partial charge in [0.05, 0.1) is 0 Å². The number of nitrogens with zero attached hydrogens (tertiary/aromatic N) is 3. The van der Waals surface area contributed by atoms with Crippen molar-refractivity contribution in [3.05, 3.63) is 35.4 Å². The van der Waals surface area contributed by atoms with E-state index in [0.717, 1.165) is 10.9 Å². The normalized spacial score (nSPS) is 10.1. The maximum atomic E-state index is 11.7. The van der Waals surface area contributed by atoms with E-state index in [1.54, 1.807) is 12.1 Å². The molecule has 2 rings (SSSR count). The third kappa shape index (κ3) is 2.43. The van der Waals surface area contributed by atoms with Crippen molar-refractivity contribution in [2.45, 2.75) is 5.33 Å². The van der Waals surface area contributed by atoms with Crippen molar-refractivity contribution in [2.75, 3.05) is 5.32 Å². The fourth-order valence-electron chi connectivity index (χ4n) is 1.13. The number of carbonyl (C=O) groups excluding carboxylic acids is 1. The zero-order chi connectivity index (χ0) is 11.4. The molecule has 2 aromatic rings. The Hall–Kier alpha value is -1.76. The summed E-state index contributed by atoms with van der Waals surface area (Å²) in [7, 11) is 0. The van der Waals surface area contributed by atoms with E-state index in [4.69, 9.17) is 0 Å². The van der Waals surface area contributed by atoms with Crippen molar-refractivity contribution in [1.82, 2.24) is 20.6 Å². The molecular formula is C9H8BrN5O. The van der Waals surface area contributed by atoms with E-state index in [9.17, 15) is 4.79 Å². The average molecular weight is 282 g/mol. The van der Waals surface area contributed by atoms with Gasteiger partial charge >= 0.3 is 0 Å². The molecule has 1 aromatic heterocycles. The van der Waals surface area contributed by atoms with Gasteiger partial charge in [-0.15, -0.1) is 5.10 Å². The van der Waals surface area contributed by atoms with Gasteiger partial charge in [-0.25, -0.2) is 0 Å². The molecule has 0 fully saturated rings. The van der Waals surface area contributed by atoms with E-state index < -0.39 is 0 Å². The van der Waals surface area contributed by atoms with E-state index >= 15 is 0 Å². The molecule has 0 bridgehead atoms. The maximum absolute atomic E-state index is 11.7. The Balaban J connectivity index is 2.09. The lowest BCUT2D eigenvalue weighted by atomic mass is 10.1. The molecule has 82 valence electrons. The summed E-state index contributed by atoms with van der Waals surface area (Å²) >= 11 is 3.33. The molecule has 0 atom stereocenters. The first-order valence-electron chi connectivity index (χ1n) is 4.49. The van der Waals surface area contributed by atoms with Crippen LogP contribution in [0.1, 0.15) is 15.9 Å². The number of benzene rings is 1. The second kappa shape index (κ2) is 4.84. The van der Waals surface area contributed by atoms with Crippen molar-refractivity contribution in [2.24, 2.45) is 0 Å². The first-order valence-corrected chi connectivity index (χ1v) is 5.61. The fraction of sp³-hybridized carbons (Fsp3) is 0.111. The number of aromatic nitrogens is 4. The quantitative estimate of drug-likeness (QED) is 0.832. The fourth-order valence-corrected chi connectivity index (χ4v) is 1.51. The number of alkyl halides is 1. The molecule has 16 heavy (non-hydrogen) atoms. The van der Waals surface area contributed by atoms with Crippen LogP contribution in [0.2, 0.25) is 0 Å². The van der Waals surface area contributed by atoms with E-state index in [1.807, 2.05) is 12.1 Å². The Bertz CT molecular complexity index is 467. The lowest BCUT2D eigenvalue weighted by Crippen LogP contribution is -2.12. The zero-order valence-corrected chi connectivity index (χ0v) is 9.73. The first-order chi connectivity index (χ1) is 7.79. The highest BCUT2D eigenvalue weighted by Crippen LogP contribution is 2.08. The molecule has 0 aliphatic heterocycles. The van der Waals surface area contributed by atoms with Crippen molar-refractivity contribution in [3.8, 4) is 0 Å². The van der Waals surface area contributed by atoms with Gasteiger partial charge in [0.15, 0.2) is 0 Å². The van der Waals surface area contributed by atoms with Gasteiger partial charge in [-0.2, -0.15) is 5.21 Å². The van der Waals surface area contributed by atoms with Crippen molar-refractivity contribution in [3.63, 3.8) is 0 Å². The summed E-state index contributed by atoms with van der Waals surface area (Å²) in [4.78, 5) is 11.7. The number of hydrogen-bond donors (Lipinski definition) is 2. The first kappa shape index (κ1) is 10.7. The molecule has 0 radical (unpaired) electrons. The molecule has 1 heterocycles. The molecule has 0 unspecified atom stereocenters. The van der Waals surface area contributed by atoms with Crippen LogP contribution in [-0.2, 0) is 5.33 Å². The number of amides is 1. The van der Waals surface area contributed by atoms with Gasteiger partial charge in [-0.05, 0) is 22.9 Å². The van der Waals surface area contributed by atoms with Crippen LogP contribution >= 0.6 is 15.9 Å². The summed E-state index contributed by atoms with van der Waals surface area (Å²) in [5, 5.41) is 16.1. The molecule has 2 N–H and O–H groups in total.